The molecular formula is C15H30N2. The Bertz CT molecular complexity index is 213. The van der Waals surface area contributed by atoms with Crippen LogP contribution in [-0.4, -0.2) is 36.6 Å². The van der Waals surface area contributed by atoms with E-state index in [4.69, 9.17) is 0 Å². The summed E-state index contributed by atoms with van der Waals surface area (Å²) in [7, 11) is 0. The number of hydrogen-bond donors (Lipinski definition) is 1. The van der Waals surface area contributed by atoms with Crippen molar-refractivity contribution in [3.05, 3.63) is 0 Å². The van der Waals surface area contributed by atoms with Crippen LogP contribution in [0.4, 0.5) is 0 Å². The van der Waals surface area contributed by atoms with E-state index in [-0.39, 0.29) is 0 Å². The predicted molar refractivity (Wildman–Crippen MR) is 74.3 cm³/mol. The lowest BCUT2D eigenvalue weighted by Crippen LogP contribution is -2.44. The Kier molecular flexibility index (Phi) is 5.30. The molecule has 2 nitrogen and oxygen atoms in total. The third-order valence-corrected chi connectivity index (χ3v) is 4.60. The van der Waals surface area contributed by atoms with Gasteiger partial charge in [0.25, 0.3) is 0 Å². The Hall–Kier alpha value is -0.0800. The molecule has 1 N–H and O–H groups in total. The second kappa shape index (κ2) is 6.75. The van der Waals surface area contributed by atoms with Gasteiger partial charge >= 0.3 is 0 Å². The molecule has 2 rings (SSSR count). The Labute approximate surface area is 107 Å². The summed E-state index contributed by atoms with van der Waals surface area (Å²) in [6.07, 6.45) is 9.79. The molecule has 0 radical (unpaired) electrons. The van der Waals surface area contributed by atoms with Crippen LogP contribution in [-0.2, 0) is 0 Å². The van der Waals surface area contributed by atoms with Gasteiger partial charge in [0.2, 0.25) is 0 Å². The summed E-state index contributed by atoms with van der Waals surface area (Å²) < 4.78 is 0. The van der Waals surface area contributed by atoms with Gasteiger partial charge < -0.3 is 10.2 Å². The van der Waals surface area contributed by atoms with E-state index in [1.165, 1.54) is 64.6 Å². The average molecular weight is 238 g/mol. The van der Waals surface area contributed by atoms with Crippen LogP contribution in [0.25, 0.3) is 0 Å². The van der Waals surface area contributed by atoms with E-state index in [0.29, 0.717) is 0 Å². The molecule has 2 atom stereocenters. The highest BCUT2D eigenvalue weighted by molar-refractivity contribution is 4.83. The summed E-state index contributed by atoms with van der Waals surface area (Å²) in [5.74, 6) is 1.07. The number of hydrogen-bond acceptors (Lipinski definition) is 2. The summed E-state index contributed by atoms with van der Waals surface area (Å²) in [6.45, 7) is 8.53. The second-order valence-corrected chi connectivity index (χ2v) is 5.98. The van der Waals surface area contributed by atoms with Crippen LogP contribution < -0.4 is 5.32 Å². The van der Waals surface area contributed by atoms with Gasteiger partial charge in [0.1, 0.15) is 0 Å². The first kappa shape index (κ1) is 13.4. The molecule has 1 saturated heterocycles. The van der Waals surface area contributed by atoms with E-state index in [0.717, 1.165) is 18.0 Å². The van der Waals surface area contributed by atoms with E-state index in [1.54, 1.807) is 0 Å². The first-order chi connectivity index (χ1) is 8.33. The molecule has 0 aromatic heterocycles. The van der Waals surface area contributed by atoms with Crippen molar-refractivity contribution in [2.24, 2.45) is 5.92 Å². The molecule has 2 unspecified atom stereocenters. The van der Waals surface area contributed by atoms with Gasteiger partial charge in [-0.05, 0) is 57.7 Å². The zero-order valence-corrected chi connectivity index (χ0v) is 11.8. The van der Waals surface area contributed by atoms with Crippen molar-refractivity contribution < 1.29 is 0 Å². The molecule has 0 amide bonds. The SMILES string of the molecule is CCC1CCN(C(CC)CC2CC2)CCCN1. The summed E-state index contributed by atoms with van der Waals surface area (Å²) >= 11 is 0. The van der Waals surface area contributed by atoms with E-state index in [1.807, 2.05) is 0 Å². The summed E-state index contributed by atoms with van der Waals surface area (Å²) in [6, 6.07) is 1.63. The van der Waals surface area contributed by atoms with Crippen molar-refractivity contribution in [1.82, 2.24) is 10.2 Å². The average Bonchev–Trinajstić information content (AvgIpc) is 3.11. The molecule has 1 heterocycles. The van der Waals surface area contributed by atoms with Gasteiger partial charge in [0.15, 0.2) is 0 Å². The maximum Gasteiger partial charge on any atom is 0.00952 e. The number of nitrogens with zero attached hydrogens (tertiary/aromatic N) is 1. The molecule has 2 heteroatoms. The van der Waals surface area contributed by atoms with E-state index in [2.05, 4.69) is 24.1 Å². The van der Waals surface area contributed by atoms with Crippen molar-refractivity contribution in [2.75, 3.05) is 19.6 Å². The third-order valence-electron chi connectivity index (χ3n) is 4.60. The van der Waals surface area contributed by atoms with Gasteiger partial charge in [-0.1, -0.05) is 26.7 Å². The molecule has 1 aliphatic heterocycles. The topological polar surface area (TPSA) is 15.3 Å². The molecule has 0 spiro atoms. The van der Waals surface area contributed by atoms with Crippen LogP contribution in [0.15, 0.2) is 0 Å². The van der Waals surface area contributed by atoms with Crippen LogP contribution in [0.5, 0.6) is 0 Å². The lowest BCUT2D eigenvalue weighted by Gasteiger charge is -2.34. The van der Waals surface area contributed by atoms with Crippen LogP contribution in [0.1, 0.15) is 58.8 Å². The largest absolute Gasteiger partial charge is 0.314 e. The summed E-state index contributed by atoms with van der Waals surface area (Å²) in [5, 5.41) is 3.68. The van der Waals surface area contributed by atoms with Crippen LogP contribution in [0, 0.1) is 5.92 Å². The first-order valence-corrected chi connectivity index (χ1v) is 7.80. The molecule has 17 heavy (non-hydrogen) atoms. The molecule has 2 fully saturated rings. The summed E-state index contributed by atoms with van der Waals surface area (Å²) in [5.41, 5.74) is 0. The minimum atomic E-state index is 0.760. The minimum absolute atomic E-state index is 0.760. The van der Waals surface area contributed by atoms with E-state index < -0.39 is 0 Å². The van der Waals surface area contributed by atoms with Crippen molar-refractivity contribution in [3.8, 4) is 0 Å². The fourth-order valence-corrected chi connectivity index (χ4v) is 3.15. The fourth-order valence-electron chi connectivity index (χ4n) is 3.15. The zero-order valence-electron chi connectivity index (χ0n) is 11.8. The van der Waals surface area contributed by atoms with Gasteiger partial charge in [0, 0.05) is 12.1 Å². The molecule has 100 valence electrons. The first-order valence-electron chi connectivity index (χ1n) is 7.80. The number of rotatable bonds is 5. The summed E-state index contributed by atoms with van der Waals surface area (Å²) in [4.78, 5) is 2.79. The van der Waals surface area contributed by atoms with Gasteiger partial charge in [-0.15, -0.1) is 0 Å². The Balaban J connectivity index is 1.82. The second-order valence-electron chi connectivity index (χ2n) is 5.98. The van der Waals surface area contributed by atoms with Gasteiger partial charge in [-0.25, -0.2) is 0 Å². The van der Waals surface area contributed by atoms with E-state index >= 15 is 0 Å². The quantitative estimate of drug-likeness (QED) is 0.792. The smallest absolute Gasteiger partial charge is 0.00952 e. The van der Waals surface area contributed by atoms with Gasteiger partial charge in [-0.2, -0.15) is 0 Å². The molecule has 1 saturated carbocycles. The minimum Gasteiger partial charge on any atom is -0.314 e. The highest BCUT2D eigenvalue weighted by Gasteiger charge is 2.28. The van der Waals surface area contributed by atoms with Crippen molar-refractivity contribution in [3.63, 3.8) is 0 Å². The van der Waals surface area contributed by atoms with Crippen LogP contribution >= 0.6 is 0 Å². The lowest BCUT2D eigenvalue weighted by atomic mass is 10.0. The highest BCUT2D eigenvalue weighted by atomic mass is 15.2. The molecular weight excluding hydrogens is 208 g/mol. The monoisotopic (exact) mass is 238 g/mol. The van der Waals surface area contributed by atoms with Crippen LogP contribution in [0.3, 0.4) is 0 Å². The zero-order chi connectivity index (χ0) is 12.1. The predicted octanol–water partition coefficient (Wildman–Crippen LogP) is 3.03. The van der Waals surface area contributed by atoms with Gasteiger partial charge in [-0.3, -0.25) is 0 Å². The standard InChI is InChI=1S/C15H30N2/c1-3-14-8-11-17(10-5-9-16-14)15(4-2)12-13-6-7-13/h13-16H,3-12H2,1-2H3. The maximum atomic E-state index is 3.68. The van der Waals surface area contributed by atoms with Crippen molar-refractivity contribution >= 4 is 0 Å². The van der Waals surface area contributed by atoms with E-state index in [9.17, 15) is 0 Å². The normalized spacial score (nSPS) is 29.6. The van der Waals surface area contributed by atoms with Crippen molar-refractivity contribution in [1.29, 1.82) is 0 Å². The Morgan fingerprint density at radius 2 is 2.00 bits per heavy atom. The van der Waals surface area contributed by atoms with Crippen LogP contribution in [0.2, 0.25) is 0 Å². The molecule has 2 aliphatic rings. The maximum absolute atomic E-state index is 3.68. The van der Waals surface area contributed by atoms with Gasteiger partial charge in [0.05, 0.1) is 0 Å². The Morgan fingerprint density at radius 3 is 2.65 bits per heavy atom. The van der Waals surface area contributed by atoms with Crippen molar-refractivity contribution in [2.45, 2.75) is 70.9 Å². The molecule has 0 aromatic rings. The Morgan fingerprint density at radius 1 is 1.18 bits per heavy atom. The number of nitrogens with one attached hydrogen (secondary N) is 1. The molecule has 0 bridgehead atoms. The molecule has 1 aliphatic carbocycles. The third kappa shape index (κ3) is 4.26. The lowest BCUT2D eigenvalue weighted by molar-refractivity contribution is 0.153. The highest BCUT2D eigenvalue weighted by Crippen LogP contribution is 2.35. The molecule has 0 aromatic carbocycles. The fraction of sp³-hybridized carbons (Fsp3) is 1.00.